The van der Waals surface area contributed by atoms with Crippen LogP contribution >= 0.6 is 0 Å². The largest absolute Gasteiger partial charge is 0.416 e. The van der Waals surface area contributed by atoms with Crippen molar-refractivity contribution >= 4 is 0 Å². The van der Waals surface area contributed by atoms with Crippen LogP contribution in [0.25, 0.3) is 0 Å². The molecule has 2 N–H and O–H groups in total. The summed E-state index contributed by atoms with van der Waals surface area (Å²) in [6.07, 6.45) is -0.488. The normalized spacial score (nSPS) is 18.3. The van der Waals surface area contributed by atoms with Crippen LogP contribution in [0.3, 0.4) is 0 Å². The van der Waals surface area contributed by atoms with Crippen LogP contribution in [0.5, 0.6) is 0 Å². The van der Waals surface area contributed by atoms with Crippen LogP contribution in [0.4, 0.5) is 13.2 Å². The first-order valence-corrected chi connectivity index (χ1v) is 3.87. The Morgan fingerprint density at radius 3 is 2.69 bits per heavy atom. The quantitative estimate of drug-likeness (QED) is 0.694. The first-order valence-electron chi connectivity index (χ1n) is 3.87. The minimum atomic E-state index is -4.31. The average Bonchev–Trinajstić information content (AvgIpc) is 2.04. The maximum Gasteiger partial charge on any atom is 0.416 e. The van der Waals surface area contributed by atoms with Crippen molar-refractivity contribution in [2.75, 3.05) is 6.54 Å². The predicted molar refractivity (Wildman–Crippen MR) is 43.3 cm³/mol. The summed E-state index contributed by atoms with van der Waals surface area (Å²) in [5, 5.41) is 5.12. The average molecular weight is 191 g/mol. The topological polar surface area (TPSA) is 24.1 Å². The minimum Gasteiger partial charge on any atom is -0.366 e. The van der Waals surface area contributed by atoms with E-state index in [2.05, 4.69) is 10.6 Å². The van der Waals surface area contributed by atoms with Gasteiger partial charge in [0, 0.05) is 0 Å². The van der Waals surface area contributed by atoms with Gasteiger partial charge in [0.2, 0.25) is 0 Å². The third-order valence-electron chi connectivity index (χ3n) is 1.52. The standard InChI is InChI=1S/C8H10F3N2/c1-2-12-7-6(8(9,10)11)4-3-5-13-7/h3-5,12-13H,2H2,1H3. The van der Waals surface area contributed by atoms with Crippen molar-refractivity contribution < 1.29 is 13.2 Å². The fraction of sp³-hybridized carbons (Fsp3) is 0.375. The highest BCUT2D eigenvalue weighted by molar-refractivity contribution is 5.34. The molecule has 13 heavy (non-hydrogen) atoms. The van der Waals surface area contributed by atoms with Crippen LogP contribution in [-0.2, 0) is 0 Å². The highest BCUT2D eigenvalue weighted by atomic mass is 19.4. The molecule has 0 aliphatic carbocycles. The fourth-order valence-electron chi connectivity index (χ4n) is 0.996. The Morgan fingerprint density at radius 1 is 1.46 bits per heavy atom. The third kappa shape index (κ3) is 2.48. The molecule has 0 bridgehead atoms. The molecule has 0 amide bonds. The smallest absolute Gasteiger partial charge is 0.366 e. The molecule has 0 aromatic rings. The summed E-state index contributed by atoms with van der Waals surface area (Å²) in [4.78, 5) is 0. The summed E-state index contributed by atoms with van der Waals surface area (Å²) in [6, 6.07) is 0. The summed E-state index contributed by atoms with van der Waals surface area (Å²) in [6.45, 7) is 2.19. The Hall–Kier alpha value is -0.970. The van der Waals surface area contributed by atoms with Gasteiger partial charge in [0.25, 0.3) is 0 Å². The zero-order valence-corrected chi connectivity index (χ0v) is 7.07. The van der Waals surface area contributed by atoms with E-state index in [1.54, 1.807) is 6.92 Å². The van der Waals surface area contributed by atoms with Gasteiger partial charge in [-0.3, -0.25) is 5.32 Å². The lowest BCUT2D eigenvalue weighted by Gasteiger charge is -2.23. The van der Waals surface area contributed by atoms with E-state index in [0.717, 1.165) is 6.08 Å². The maximum absolute atomic E-state index is 12.3. The number of hydrogen-bond donors (Lipinski definition) is 2. The van der Waals surface area contributed by atoms with Gasteiger partial charge >= 0.3 is 6.18 Å². The molecule has 0 aromatic carbocycles. The molecular formula is C8H10F3N2. The fourth-order valence-corrected chi connectivity index (χ4v) is 0.996. The maximum atomic E-state index is 12.3. The van der Waals surface area contributed by atoms with Gasteiger partial charge in [0.1, 0.15) is 0 Å². The van der Waals surface area contributed by atoms with Crippen molar-refractivity contribution in [1.82, 2.24) is 10.6 Å². The number of nitrogens with one attached hydrogen (secondary N) is 2. The number of alkyl halides is 3. The molecule has 0 atom stereocenters. The minimum absolute atomic E-state index is 0.0116. The predicted octanol–water partition coefficient (Wildman–Crippen LogP) is 1.69. The van der Waals surface area contributed by atoms with E-state index in [1.807, 2.05) is 0 Å². The highest BCUT2D eigenvalue weighted by Gasteiger charge is 2.39. The monoisotopic (exact) mass is 191 g/mol. The van der Waals surface area contributed by atoms with Gasteiger partial charge in [0.05, 0.1) is 5.57 Å². The van der Waals surface area contributed by atoms with E-state index < -0.39 is 11.7 Å². The van der Waals surface area contributed by atoms with E-state index >= 15 is 0 Å². The number of likely N-dealkylation sites (N-methyl/N-ethyl adjacent to an activating group) is 1. The van der Waals surface area contributed by atoms with Crippen LogP contribution in [0.15, 0.2) is 23.9 Å². The van der Waals surface area contributed by atoms with E-state index in [-0.39, 0.29) is 6.17 Å². The van der Waals surface area contributed by atoms with Gasteiger partial charge in [-0.25, -0.2) is 0 Å². The van der Waals surface area contributed by atoms with Crippen LogP contribution in [-0.4, -0.2) is 12.7 Å². The Labute approximate surface area is 74.5 Å². The molecule has 0 saturated carbocycles. The molecule has 2 nitrogen and oxygen atoms in total. The van der Waals surface area contributed by atoms with Crippen molar-refractivity contribution in [1.29, 1.82) is 0 Å². The van der Waals surface area contributed by atoms with Crippen molar-refractivity contribution in [2.24, 2.45) is 0 Å². The van der Waals surface area contributed by atoms with Gasteiger partial charge in [-0.1, -0.05) is 6.92 Å². The van der Waals surface area contributed by atoms with Crippen molar-refractivity contribution in [2.45, 2.75) is 13.1 Å². The molecule has 0 saturated heterocycles. The molecule has 0 unspecified atom stereocenters. The molecule has 0 spiro atoms. The molecule has 1 rings (SSSR count). The molecule has 0 aromatic heterocycles. The third-order valence-corrected chi connectivity index (χ3v) is 1.52. The van der Waals surface area contributed by atoms with Crippen LogP contribution in [0, 0.1) is 6.17 Å². The summed E-state index contributed by atoms with van der Waals surface area (Å²) >= 11 is 0. The summed E-state index contributed by atoms with van der Waals surface area (Å²) in [5.74, 6) is 0. The SMILES string of the molecule is CCN[C]1NC=CC=C1C(F)(F)F. The summed E-state index contributed by atoms with van der Waals surface area (Å²) < 4.78 is 36.9. The lowest BCUT2D eigenvalue weighted by atomic mass is 10.1. The molecule has 1 aliphatic heterocycles. The number of halogens is 3. The van der Waals surface area contributed by atoms with Crippen molar-refractivity contribution in [3.05, 3.63) is 30.1 Å². The zero-order chi connectivity index (χ0) is 9.90. The van der Waals surface area contributed by atoms with E-state index in [9.17, 15) is 13.2 Å². The molecule has 1 aliphatic rings. The lowest BCUT2D eigenvalue weighted by Crippen LogP contribution is -2.38. The van der Waals surface area contributed by atoms with Crippen molar-refractivity contribution in [3.63, 3.8) is 0 Å². The number of allylic oxidation sites excluding steroid dienone is 2. The van der Waals surface area contributed by atoms with Gasteiger partial charge in [-0.05, 0) is 24.9 Å². The van der Waals surface area contributed by atoms with Gasteiger partial charge in [-0.15, -0.1) is 0 Å². The number of rotatable bonds is 2. The second kappa shape index (κ2) is 3.83. The second-order valence-electron chi connectivity index (χ2n) is 2.49. The molecule has 1 heterocycles. The molecule has 1 radical (unpaired) electrons. The molecule has 5 heteroatoms. The molecule has 73 valence electrons. The summed E-state index contributed by atoms with van der Waals surface area (Å²) in [7, 11) is 0. The van der Waals surface area contributed by atoms with Crippen molar-refractivity contribution in [3.8, 4) is 0 Å². The van der Waals surface area contributed by atoms with Gasteiger partial charge in [-0.2, -0.15) is 13.2 Å². The lowest BCUT2D eigenvalue weighted by molar-refractivity contribution is -0.0930. The Balaban J connectivity index is 2.77. The van der Waals surface area contributed by atoms with Crippen LogP contribution < -0.4 is 10.6 Å². The Morgan fingerprint density at radius 2 is 2.15 bits per heavy atom. The Kier molecular flexibility index (Phi) is 2.98. The molecular weight excluding hydrogens is 181 g/mol. The van der Waals surface area contributed by atoms with E-state index in [4.69, 9.17) is 0 Å². The number of dihydropyridines is 1. The molecule has 0 fully saturated rings. The summed E-state index contributed by atoms with van der Waals surface area (Å²) in [5.41, 5.74) is -0.670. The Bertz CT molecular complexity index is 230. The first-order chi connectivity index (χ1) is 6.05. The zero-order valence-electron chi connectivity index (χ0n) is 7.07. The first kappa shape index (κ1) is 10.1. The second-order valence-corrected chi connectivity index (χ2v) is 2.49. The van der Waals surface area contributed by atoms with E-state index in [0.29, 0.717) is 6.54 Å². The van der Waals surface area contributed by atoms with Crippen LogP contribution in [0.1, 0.15) is 6.92 Å². The van der Waals surface area contributed by atoms with Crippen LogP contribution in [0.2, 0.25) is 0 Å². The van der Waals surface area contributed by atoms with Gasteiger partial charge < -0.3 is 5.32 Å². The van der Waals surface area contributed by atoms with Gasteiger partial charge in [0.15, 0.2) is 6.17 Å². The van der Waals surface area contributed by atoms with E-state index in [1.165, 1.54) is 12.3 Å². The highest BCUT2D eigenvalue weighted by Crippen LogP contribution is 2.31. The number of hydrogen-bond acceptors (Lipinski definition) is 2.